The summed E-state index contributed by atoms with van der Waals surface area (Å²) in [7, 11) is 3.81. The summed E-state index contributed by atoms with van der Waals surface area (Å²) in [6.07, 6.45) is 6.77. The van der Waals surface area contributed by atoms with E-state index < -0.39 is 0 Å². The van der Waals surface area contributed by atoms with Crippen LogP contribution in [0.15, 0.2) is 6.20 Å². The number of hydrogen-bond acceptors (Lipinski definition) is 4. The first-order valence-corrected chi connectivity index (χ1v) is 8.23. The Kier molecular flexibility index (Phi) is 6.51. The Hall–Kier alpha value is -1.07. The second-order valence-electron chi connectivity index (χ2n) is 5.91. The first-order chi connectivity index (χ1) is 10.3. The minimum absolute atomic E-state index is 0.809. The van der Waals surface area contributed by atoms with E-state index in [0.717, 1.165) is 57.5 Å². The first kappa shape index (κ1) is 16.3. The van der Waals surface area contributed by atoms with Crippen LogP contribution < -0.4 is 10.2 Å². The van der Waals surface area contributed by atoms with Gasteiger partial charge in [0.1, 0.15) is 0 Å². The van der Waals surface area contributed by atoms with Crippen LogP contribution in [0.4, 0.5) is 5.95 Å². The maximum atomic E-state index is 5.17. The summed E-state index contributed by atoms with van der Waals surface area (Å²) in [5.41, 5.74) is 1.19. The molecule has 1 aliphatic heterocycles. The van der Waals surface area contributed by atoms with Gasteiger partial charge >= 0.3 is 0 Å². The van der Waals surface area contributed by atoms with Crippen molar-refractivity contribution in [1.82, 2.24) is 14.9 Å². The normalized spacial score (nSPS) is 16.6. The van der Waals surface area contributed by atoms with E-state index in [1.54, 1.807) is 7.11 Å². The lowest BCUT2D eigenvalue weighted by Crippen LogP contribution is -2.38. The third kappa shape index (κ3) is 4.45. The number of aromatic nitrogens is 2. The van der Waals surface area contributed by atoms with Crippen LogP contribution in [0, 0.1) is 5.92 Å². The lowest BCUT2D eigenvalue weighted by Gasteiger charge is -2.33. The van der Waals surface area contributed by atoms with Crippen molar-refractivity contribution >= 4 is 5.95 Å². The average Bonchev–Trinajstić information content (AvgIpc) is 2.92. The molecule has 1 aromatic heterocycles. The van der Waals surface area contributed by atoms with Crippen LogP contribution in [0.3, 0.4) is 0 Å². The van der Waals surface area contributed by atoms with Crippen molar-refractivity contribution < 1.29 is 4.74 Å². The van der Waals surface area contributed by atoms with Gasteiger partial charge in [0, 0.05) is 39.5 Å². The summed E-state index contributed by atoms with van der Waals surface area (Å²) in [5, 5.41) is 3.30. The van der Waals surface area contributed by atoms with Crippen LogP contribution in [0.25, 0.3) is 0 Å². The van der Waals surface area contributed by atoms with E-state index in [-0.39, 0.29) is 0 Å². The molecule has 0 radical (unpaired) electrons. The fourth-order valence-corrected chi connectivity index (χ4v) is 3.05. The molecule has 0 saturated carbocycles. The Morgan fingerprint density at radius 1 is 1.38 bits per heavy atom. The molecule has 21 heavy (non-hydrogen) atoms. The molecule has 5 heteroatoms. The van der Waals surface area contributed by atoms with Gasteiger partial charge in [0.25, 0.3) is 0 Å². The monoisotopic (exact) mass is 294 g/mol. The van der Waals surface area contributed by atoms with Gasteiger partial charge in [-0.2, -0.15) is 0 Å². The number of piperidine rings is 1. The van der Waals surface area contributed by atoms with Crippen molar-refractivity contribution in [3.05, 3.63) is 11.9 Å². The summed E-state index contributed by atoms with van der Waals surface area (Å²) in [5.74, 6) is 1.97. The maximum absolute atomic E-state index is 5.17. The summed E-state index contributed by atoms with van der Waals surface area (Å²) in [4.78, 5) is 7.29. The molecule has 1 fully saturated rings. The molecule has 1 aliphatic rings. The van der Waals surface area contributed by atoms with Gasteiger partial charge in [-0.3, -0.25) is 0 Å². The lowest BCUT2D eigenvalue weighted by atomic mass is 9.97. The number of methoxy groups -OCH3 is 1. The highest BCUT2D eigenvalue weighted by Gasteiger charge is 2.22. The minimum atomic E-state index is 0.809. The van der Waals surface area contributed by atoms with E-state index in [2.05, 4.69) is 27.9 Å². The molecule has 0 spiro atoms. The zero-order valence-corrected chi connectivity index (χ0v) is 13.8. The average molecular weight is 294 g/mol. The fraction of sp³-hybridized carbons (Fsp3) is 0.812. The highest BCUT2D eigenvalue weighted by atomic mass is 16.5. The molecule has 0 aliphatic carbocycles. The van der Waals surface area contributed by atoms with Crippen LogP contribution in [0.2, 0.25) is 0 Å². The maximum Gasteiger partial charge on any atom is 0.205 e. The van der Waals surface area contributed by atoms with E-state index in [9.17, 15) is 0 Å². The van der Waals surface area contributed by atoms with E-state index in [0.29, 0.717) is 0 Å². The van der Waals surface area contributed by atoms with Crippen LogP contribution in [-0.2, 0) is 17.7 Å². The Morgan fingerprint density at radius 3 is 2.76 bits per heavy atom. The van der Waals surface area contributed by atoms with Crippen molar-refractivity contribution in [2.24, 2.45) is 5.92 Å². The second-order valence-corrected chi connectivity index (χ2v) is 5.91. The number of hydrogen-bond donors (Lipinski definition) is 1. The molecule has 2 heterocycles. The molecule has 120 valence electrons. The molecule has 1 aromatic rings. The number of nitrogens with zero attached hydrogens (tertiary/aromatic N) is 3. The topological polar surface area (TPSA) is 42.3 Å². The SMILES string of the molecule is CCc1cn(CCCOC)c(N2CCC(CNC)CC2)n1. The smallest absolute Gasteiger partial charge is 0.205 e. The number of anilines is 1. The van der Waals surface area contributed by atoms with Gasteiger partial charge in [0.05, 0.1) is 5.69 Å². The molecule has 2 rings (SSSR count). The summed E-state index contributed by atoms with van der Waals surface area (Å²) in [6.45, 7) is 7.35. The Labute approximate surface area is 128 Å². The van der Waals surface area contributed by atoms with Gasteiger partial charge in [-0.1, -0.05) is 6.92 Å². The quantitative estimate of drug-likeness (QED) is 0.744. The Balaban J connectivity index is 1.99. The van der Waals surface area contributed by atoms with Crippen molar-refractivity contribution in [3.63, 3.8) is 0 Å². The number of imidazole rings is 1. The number of nitrogens with one attached hydrogen (secondary N) is 1. The molecular weight excluding hydrogens is 264 g/mol. The molecule has 0 bridgehead atoms. The molecular formula is C16H30N4O. The third-order valence-corrected chi connectivity index (χ3v) is 4.31. The zero-order valence-electron chi connectivity index (χ0n) is 13.8. The second kappa shape index (κ2) is 8.39. The molecule has 5 nitrogen and oxygen atoms in total. The van der Waals surface area contributed by atoms with Crippen molar-refractivity contribution in [1.29, 1.82) is 0 Å². The van der Waals surface area contributed by atoms with Crippen molar-refractivity contribution in [3.8, 4) is 0 Å². The van der Waals surface area contributed by atoms with Crippen LogP contribution in [0.5, 0.6) is 0 Å². The third-order valence-electron chi connectivity index (χ3n) is 4.31. The molecule has 0 amide bonds. The summed E-state index contributed by atoms with van der Waals surface area (Å²) >= 11 is 0. The Bertz CT molecular complexity index is 410. The van der Waals surface area contributed by atoms with Crippen molar-refractivity contribution in [2.75, 3.05) is 45.3 Å². The largest absolute Gasteiger partial charge is 0.385 e. The van der Waals surface area contributed by atoms with E-state index in [1.807, 2.05) is 7.05 Å². The van der Waals surface area contributed by atoms with Gasteiger partial charge in [0.2, 0.25) is 5.95 Å². The standard InChI is InChI=1S/C16H30N4O/c1-4-15-13-20(8-5-11-21-3)16(18-15)19-9-6-14(7-10-19)12-17-2/h13-14,17H,4-12H2,1-3H3. The van der Waals surface area contributed by atoms with Gasteiger partial charge < -0.3 is 19.5 Å². The van der Waals surface area contributed by atoms with Gasteiger partial charge in [-0.05, 0) is 45.2 Å². The molecule has 0 aromatic carbocycles. The number of ether oxygens (including phenoxy) is 1. The molecule has 1 saturated heterocycles. The van der Waals surface area contributed by atoms with Crippen molar-refractivity contribution in [2.45, 2.75) is 39.2 Å². The lowest BCUT2D eigenvalue weighted by molar-refractivity contribution is 0.190. The van der Waals surface area contributed by atoms with Crippen LogP contribution in [-0.4, -0.2) is 49.9 Å². The number of aryl methyl sites for hydroxylation is 2. The van der Waals surface area contributed by atoms with E-state index in [1.165, 1.54) is 18.5 Å². The molecule has 0 atom stereocenters. The van der Waals surface area contributed by atoms with Gasteiger partial charge in [-0.15, -0.1) is 0 Å². The van der Waals surface area contributed by atoms with Crippen LogP contribution >= 0.6 is 0 Å². The summed E-state index contributed by atoms with van der Waals surface area (Å²) in [6, 6.07) is 0. The Morgan fingerprint density at radius 2 is 2.14 bits per heavy atom. The number of rotatable bonds is 8. The predicted molar refractivity (Wildman–Crippen MR) is 87.0 cm³/mol. The zero-order chi connectivity index (χ0) is 15.1. The predicted octanol–water partition coefficient (Wildman–Crippen LogP) is 1.92. The van der Waals surface area contributed by atoms with E-state index in [4.69, 9.17) is 9.72 Å². The first-order valence-electron chi connectivity index (χ1n) is 8.23. The fourth-order valence-electron chi connectivity index (χ4n) is 3.05. The van der Waals surface area contributed by atoms with Gasteiger partial charge in [-0.25, -0.2) is 4.98 Å². The molecule has 1 N–H and O–H groups in total. The minimum Gasteiger partial charge on any atom is -0.385 e. The van der Waals surface area contributed by atoms with Gasteiger partial charge in [0.15, 0.2) is 0 Å². The van der Waals surface area contributed by atoms with E-state index >= 15 is 0 Å². The molecule has 0 unspecified atom stereocenters. The highest BCUT2D eigenvalue weighted by Crippen LogP contribution is 2.23. The highest BCUT2D eigenvalue weighted by molar-refractivity contribution is 5.34. The summed E-state index contributed by atoms with van der Waals surface area (Å²) < 4.78 is 7.48. The van der Waals surface area contributed by atoms with Crippen LogP contribution in [0.1, 0.15) is 31.9 Å².